The number of H-pyrrole nitrogens is 2. The molecular formula is C9H14N4O4. The number of aliphatic hydroxyl groups is 1. The molecule has 0 saturated heterocycles. The van der Waals surface area contributed by atoms with Crippen LogP contribution in [0.1, 0.15) is 17.4 Å². The second-order valence-corrected chi connectivity index (χ2v) is 3.62. The van der Waals surface area contributed by atoms with E-state index in [9.17, 15) is 14.4 Å². The van der Waals surface area contributed by atoms with E-state index in [0.717, 1.165) is 6.07 Å². The molecule has 0 radical (unpaired) electrons. The highest BCUT2D eigenvalue weighted by Gasteiger charge is 2.12. The van der Waals surface area contributed by atoms with Gasteiger partial charge >= 0.3 is 5.69 Å². The summed E-state index contributed by atoms with van der Waals surface area (Å²) in [6, 6.07) is 0.345. The van der Waals surface area contributed by atoms with Gasteiger partial charge in [-0.25, -0.2) is 4.79 Å². The first-order chi connectivity index (χ1) is 7.90. The van der Waals surface area contributed by atoms with Gasteiger partial charge in [0, 0.05) is 18.7 Å². The van der Waals surface area contributed by atoms with Gasteiger partial charge in [0.2, 0.25) is 0 Å². The lowest BCUT2D eigenvalue weighted by molar-refractivity contribution is 0.0932. The zero-order valence-electron chi connectivity index (χ0n) is 9.19. The van der Waals surface area contributed by atoms with Crippen LogP contribution in [-0.4, -0.2) is 39.7 Å². The van der Waals surface area contributed by atoms with Crippen LogP contribution in [0.15, 0.2) is 15.7 Å². The van der Waals surface area contributed by atoms with Crippen LogP contribution < -0.4 is 22.3 Å². The van der Waals surface area contributed by atoms with Crippen molar-refractivity contribution in [2.24, 2.45) is 5.73 Å². The minimum atomic E-state index is -0.770. The molecular weight excluding hydrogens is 228 g/mol. The molecule has 0 bridgehead atoms. The zero-order valence-corrected chi connectivity index (χ0v) is 9.19. The highest BCUT2D eigenvalue weighted by Crippen LogP contribution is 1.89. The largest absolute Gasteiger partial charge is 0.392 e. The molecule has 0 saturated carbocycles. The van der Waals surface area contributed by atoms with E-state index in [0.29, 0.717) is 0 Å². The van der Waals surface area contributed by atoms with Crippen LogP contribution in [-0.2, 0) is 0 Å². The van der Waals surface area contributed by atoms with Crippen LogP contribution in [0.3, 0.4) is 0 Å². The van der Waals surface area contributed by atoms with E-state index in [4.69, 9.17) is 10.8 Å². The molecule has 6 N–H and O–H groups in total. The number of aromatic amines is 2. The topological polar surface area (TPSA) is 141 Å². The van der Waals surface area contributed by atoms with Gasteiger partial charge in [-0.1, -0.05) is 0 Å². The van der Waals surface area contributed by atoms with Crippen molar-refractivity contribution in [2.75, 3.05) is 6.54 Å². The maximum atomic E-state index is 11.5. The summed E-state index contributed by atoms with van der Waals surface area (Å²) in [5, 5.41) is 11.5. The number of amides is 1. The Balaban J connectivity index is 2.71. The van der Waals surface area contributed by atoms with Crippen LogP contribution in [0, 0.1) is 0 Å². The summed E-state index contributed by atoms with van der Waals surface area (Å²) < 4.78 is 0. The Hall–Kier alpha value is -1.93. The van der Waals surface area contributed by atoms with Gasteiger partial charge < -0.3 is 21.1 Å². The fourth-order valence-electron chi connectivity index (χ4n) is 1.07. The maximum absolute atomic E-state index is 11.5. The summed E-state index contributed by atoms with van der Waals surface area (Å²) in [5.74, 6) is -0.635. The van der Waals surface area contributed by atoms with E-state index in [1.54, 1.807) is 0 Å². The van der Waals surface area contributed by atoms with Gasteiger partial charge in [-0.05, 0) is 6.92 Å². The van der Waals surface area contributed by atoms with Gasteiger partial charge in [0.25, 0.3) is 11.5 Å². The molecule has 0 fully saturated rings. The zero-order chi connectivity index (χ0) is 13.0. The summed E-state index contributed by atoms with van der Waals surface area (Å²) >= 11 is 0. The first-order valence-electron chi connectivity index (χ1n) is 4.95. The van der Waals surface area contributed by atoms with Gasteiger partial charge in [-0.2, -0.15) is 0 Å². The van der Waals surface area contributed by atoms with Crippen molar-refractivity contribution >= 4 is 5.91 Å². The number of carbonyl (C=O) groups is 1. The number of rotatable bonds is 4. The molecule has 17 heavy (non-hydrogen) atoms. The van der Waals surface area contributed by atoms with Crippen molar-refractivity contribution in [3.63, 3.8) is 0 Å². The molecule has 1 heterocycles. The minimum Gasteiger partial charge on any atom is -0.392 e. The lowest BCUT2D eigenvalue weighted by Crippen LogP contribution is -2.44. The lowest BCUT2D eigenvalue weighted by atomic mass is 10.2. The third-order valence-corrected chi connectivity index (χ3v) is 2.12. The standard InChI is InChI=1S/C9H14N4O4/c1-4(14)5(10)3-11-8(16)6-2-7(15)13-9(17)12-6/h2,4-5,14H,3,10H2,1H3,(H,11,16)(H2,12,13,15,17). The monoisotopic (exact) mass is 242 g/mol. The van der Waals surface area contributed by atoms with E-state index in [-0.39, 0.29) is 12.2 Å². The average molecular weight is 242 g/mol. The number of aliphatic hydroxyl groups excluding tert-OH is 1. The van der Waals surface area contributed by atoms with Gasteiger partial charge in [0.15, 0.2) is 0 Å². The summed E-state index contributed by atoms with van der Waals surface area (Å²) in [4.78, 5) is 37.5. The number of aromatic nitrogens is 2. The molecule has 2 unspecified atom stereocenters. The van der Waals surface area contributed by atoms with Crippen LogP contribution >= 0.6 is 0 Å². The van der Waals surface area contributed by atoms with Crippen LogP contribution in [0.2, 0.25) is 0 Å². The van der Waals surface area contributed by atoms with Gasteiger partial charge in [0.1, 0.15) is 5.69 Å². The Morgan fingerprint density at radius 2 is 2.18 bits per heavy atom. The van der Waals surface area contributed by atoms with Crippen molar-refractivity contribution in [3.8, 4) is 0 Å². The fourth-order valence-corrected chi connectivity index (χ4v) is 1.07. The number of carbonyl (C=O) groups excluding carboxylic acids is 1. The van der Waals surface area contributed by atoms with Gasteiger partial charge in [0.05, 0.1) is 6.10 Å². The number of hydrogen-bond acceptors (Lipinski definition) is 5. The molecule has 8 nitrogen and oxygen atoms in total. The third-order valence-electron chi connectivity index (χ3n) is 2.12. The van der Waals surface area contributed by atoms with E-state index in [1.165, 1.54) is 6.92 Å². The van der Waals surface area contributed by atoms with Gasteiger partial charge in [-0.15, -0.1) is 0 Å². The second kappa shape index (κ2) is 5.41. The molecule has 1 aromatic heterocycles. The molecule has 2 atom stereocenters. The average Bonchev–Trinajstić information content (AvgIpc) is 2.23. The molecule has 94 valence electrons. The van der Waals surface area contributed by atoms with Crippen molar-refractivity contribution in [2.45, 2.75) is 19.1 Å². The summed E-state index contributed by atoms with van der Waals surface area (Å²) in [6.07, 6.45) is -0.770. The molecule has 0 spiro atoms. The molecule has 1 amide bonds. The van der Waals surface area contributed by atoms with Crippen molar-refractivity contribution in [1.82, 2.24) is 15.3 Å². The van der Waals surface area contributed by atoms with Crippen LogP contribution in [0.25, 0.3) is 0 Å². The molecule has 1 rings (SSSR count). The SMILES string of the molecule is CC(O)C(N)CNC(=O)c1cc(=O)[nH]c(=O)[nH]1. The van der Waals surface area contributed by atoms with Crippen LogP contribution in [0.5, 0.6) is 0 Å². The minimum absolute atomic E-state index is 0.0331. The lowest BCUT2D eigenvalue weighted by Gasteiger charge is -2.14. The Labute approximate surface area is 95.9 Å². The van der Waals surface area contributed by atoms with E-state index in [1.807, 2.05) is 4.98 Å². The third kappa shape index (κ3) is 3.85. The van der Waals surface area contributed by atoms with Crippen molar-refractivity contribution in [3.05, 3.63) is 32.6 Å². The first-order valence-corrected chi connectivity index (χ1v) is 4.95. The predicted octanol–water partition coefficient (Wildman–Crippen LogP) is -2.50. The molecule has 0 aliphatic heterocycles. The van der Waals surface area contributed by atoms with Gasteiger partial charge in [-0.3, -0.25) is 14.6 Å². The highest BCUT2D eigenvalue weighted by molar-refractivity contribution is 5.92. The normalized spacial score (nSPS) is 14.1. The molecule has 1 aromatic rings. The summed E-state index contributed by atoms with van der Waals surface area (Å²) in [7, 11) is 0. The smallest absolute Gasteiger partial charge is 0.326 e. The summed E-state index contributed by atoms with van der Waals surface area (Å²) in [6.45, 7) is 1.53. The number of nitrogens with one attached hydrogen (secondary N) is 3. The highest BCUT2D eigenvalue weighted by atomic mass is 16.3. The number of nitrogens with two attached hydrogens (primary N) is 1. The molecule has 0 aromatic carbocycles. The predicted molar refractivity (Wildman–Crippen MR) is 59.7 cm³/mol. The Morgan fingerprint density at radius 1 is 1.53 bits per heavy atom. The van der Waals surface area contributed by atoms with E-state index >= 15 is 0 Å². The van der Waals surface area contributed by atoms with Crippen LogP contribution in [0.4, 0.5) is 0 Å². The molecule has 0 aliphatic carbocycles. The van der Waals surface area contributed by atoms with Crippen molar-refractivity contribution < 1.29 is 9.90 Å². The molecule has 0 aliphatic rings. The maximum Gasteiger partial charge on any atom is 0.326 e. The fraction of sp³-hybridized carbons (Fsp3) is 0.444. The number of hydrogen-bond donors (Lipinski definition) is 5. The quantitative estimate of drug-likeness (QED) is 0.397. The summed E-state index contributed by atoms with van der Waals surface area (Å²) in [5.41, 5.74) is 3.91. The van der Waals surface area contributed by atoms with E-state index < -0.39 is 29.3 Å². The van der Waals surface area contributed by atoms with E-state index in [2.05, 4.69) is 10.3 Å². The molecule has 8 heteroatoms. The Kier molecular flexibility index (Phi) is 4.18. The Morgan fingerprint density at radius 3 is 2.71 bits per heavy atom. The second-order valence-electron chi connectivity index (χ2n) is 3.62. The Bertz CT molecular complexity index is 476. The van der Waals surface area contributed by atoms with Crippen molar-refractivity contribution in [1.29, 1.82) is 0 Å². The first kappa shape index (κ1) is 13.1.